The number of nitrogens with one attached hydrogen (secondary N) is 1. The van der Waals surface area contributed by atoms with E-state index in [9.17, 15) is 8.78 Å². The van der Waals surface area contributed by atoms with Gasteiger partial charge in [-0.1, -0.05) is 25.3 Å². The summed E-state index contributed by atoms with van der Waals surface area (Å²) in [7, 11) is 1.99. The van der Waals surface area contributed by atoms with E-state index in [1.807, 2.05) is 7.05 Å². The second kappa shape index (κ2) is 6.99. The van der Waals surface area contributed by atoms with Crippen LogP contribution in [0, 0.1) is 23.5 Å². The van der Waals surface area contributed by atoms with Crippen LogP contribution in [0.25, 0.3) is 0 Å². The topological polar surface area (TPSA) is 12.0 Å². The van der Waals surface area contributed by atoms with Gasteiger partial charge in [0.05, 0.1) is 0 Å². The van der Waals surface area contributed by atoms with Crippen molar-refractivity contribution >= 4 is 0 Å². The Labute approximate surface area is 114 Å². The van der Waals surface area contributed by atoms with Gasteiger partial charge in [0.25, 0.3) is 0 Å². The van der Waals surface area contributed by atoms with Crippen LogP contribution >= 0.6 is 0 Å². The first kappa shape index (κ1) is 14.4. The van der Waals surface area contributed by atoms with Gasteiger partial charge in [-0.25, -0.2) is 8.78 Å². The van der Waals surface area contributed by atoms with Crippen molar-refractivity contribution in [2.75, 3.05) is 13.6 Å². The average molecular weight is 267 g/mol. The standard InChI is InChI=1S/C16H23F2N/c1-19-11-14-6-4-2-3-5-13(14)9-12-7-8-15(17)16(18)10-12/h7-8,10,13-14,19H,2-6,9,11H2,1H3. The lowest BCUT2D eigenvalue weighted by molar-refractivity contribution is 0.303. The van der Waals surface area contributed by atoms with Crippen molar-refractivity contribution in [3.63, 3.8) is 0 Å². The minimum Gasteiger partial charge on any atom is -0.319 e. The molecular weight excluding hydrogens is 244 g/mol. The highest BCUT2D eigenvalue weighted by Crippen LogP contribution is 2.31. The van der Waals surface area contributed by atoms with E-state index in [-0.39, 0.29) is 0 Å². The minimum absolute atomic E-state index is 0.583. The highest BCUT2D eigenvalue weighted by Gasteiger charge is 2.23. The molecule has 0 saturated heterocycles. The van der Waals surface area contributed by atoms with E-state index in [4.69, 9.17) is 0 Å². The Bertz CT molecular complexity index is 406. The van der Waals surface area contributed by atoms with Crippen LogP contribution < -0.4 is 5.32 Å². The van der Waals surface area contributed by atoms with Crippen LogP contribution in [0.1, 0.15) is 37.7 Å². The van der Waals surface area contributed by atoms with Gasteiger partial charge < -0.3 is 5.32 Å². The molecule has 2 atom stereocenters. The molecule has 1 N–H and O–H groups in total. The zero-order valence-electron chi connectivity index (χ0n) is 11.6. The maximum Gasteiger partial charge on any atom is 0.159 e. The summed E-state index contributed by atoms with van der Waals surface area (Å²) in [6.45, 7) is 1.02. The van der Waals surface area contributed by atoms with Gasteiger partial charge in [0.2, 0.25) is 0 Å². The van der Waals surface area contributed by atoms with E-state index < -0.39 is 11.6 Å². The molecule has 106 valence electrons. The molecule has 1 nitrogen and oxygen atoms in total. The van der Waals surface area contributed by atoms with Gasteiger partial charge in [-0.05, 0) is 62.4 Å². The Morgan fingerprint density at radius 2 is 1.79 bits per heavy atom. The molecule has 19 heavy (non-hydrogen) atoms. The van der Waals surface area contributed by atoms with E-state index >= 15 is 0 Å². The predicted octanol–water partition coefficient (Wildman–Crippen LogP) is 3.92. The highest BCUT2D eigenvalue weighted by atomic mass is 19.2. The van der Waals surface area contributed by atoms with Gasteiger partial charge in [-0.3, -0.25) is 0 Å². The maximum absolute atomic E-state index is 13.3. The van der Waals surface area contributed by atoms with Crippen molar-refractivity contribution in [2.45, 2.75) is 38.5 Å². The Morgan fingerprint density at radius 1 is 1.05 bits per heavy atom. The van der Waals surface area contributed by atoms with Crippen LogP contribution in [0.5, 0.6) is 0 Å². The Morgan fingerprint density at radius 3 is 2.47 bits per heavy atom. The fourth-order valence-corrected chi connectivity index (χ4v) is 3.23. The van der Waals surface area contributed by atoms with Gasteiger partial charge in [0.15, 0.2) is 11.6 Å². The summed E-state index contributed by atoms with van der Waals surface area (Å²) in [4.78, 5) is 0. The summed E-state index contributed by atoms with van der Waals surface area (Å²) in [5.41, 5.74) is 0.923. The molecule has 1 aliphatic carbocycles. The molecule has 1 saturated carbocycles. The van der Waals surface area contributed by atoms with Crippen molar-refractivity contribution in [3.8, 4) is 0 Å². The van der Waals surface area contributed by atoms with E-state index in [2.05, 4.69) is 5.32 Å². The average Bonchev–Trinajstić information content (AvgIpc) is 2.61. The van der Waals surface area contributed by atoms with Crippen LogP contribution in [0.4, 0.5) is 8.78 Å². The summed E-state index contributed by atoms with van der Waals surface area (Å²) in [5.74, 6) is -0.242. The van der Waals surface area contributed by atoms with Crippen molar-refractivity contribution in [1.82, 2.24) is 5.32 Å². The lowest BCUT2D eigenvalue weighted by Gasteiger charge is -2.25. The molecule has 1 aromatic rings. The number of benzene rings is 1. The fourth-order valence-electron chi connectivity index (χ4n) is 3.23. The summed E-state index contributed by atoms with van der Waals surface area (Å²) in [6, 6.07) is 4.32. The second-order valence-electron chi connectivity index (χ2n) is 5.67. The van der Waals surface area contributed by atoms with Gasteiger partial charge >= 0.3 is 0 Å². The summed E-state index contributed by atoms with van der Waals surface area (Å²) in [6.07, 6.45) is 7.16. The van der Waals surface area contributed by atoms with E-state index in [0.717, 1.165) is 18.5 Å². The number of halogens is 2. The molecule has 2 rings (SSSR count). The van der Waals surface area contributed by atoms with E-state index in [1.54, 1.807) is 6.07 Å². The second-order valence-corrected chi connectivity index (χ2v) is 5.67. The molecule has 1 aliphatic rings. The lowest BCUT2D eigenvalue weighted by atomic mass is 9.83. The smallest absolute Gasteiger partial charge is 0.159 e. The maximum atomic E-state index is 13.3. The SMILES string of the molecule is CNCC1CCCCCC1Cc1ccc(F)c(F)c1. The third-order valence-electron chi connectivity index (χ3n) is 4.26. The lowest BCUT2D eigenvalue weighted by Crippen LogP contribution is -2.26. The quantitative estimate of drug-likeness (QED) is 0.815. The normalized spacial score (nSPS) is 24.2. The van der Waals surface area contributed by atoms with Gasteiger partial charge in [-0.15, -0.1) is 0 Å². The Balaban J connectivity index is 2.06. The van der Waals surface area contributed by atoms with Crippen LogP contribution in [0.2, 0.25) is 0 Å². The zero-order chi connectivity index (χ0) is 13.7. The summed E-state index contributed by atoms with van der Waals surface area (Å²) < 4.78 is 26.2. The van der Waals surface area contributed by atoms with Crippen LogP contribution in [0.3, 0.4) is 0 Å². The van der Waals surface area contributed by atoms with Gasteiger partial charge in [0.1, 0.15) is 0 Å². The zero-order valence-corrected chi connectivity index (χ0v) is 11.6. The number of rotatable bonds is 4. The molecule has 2 unspecified atom stereocenters. The molecule has 1 fully saturated rings. The van der Waals surface area contributed by atoms with E-state index in [0.29, 0.717) is 11.8 Å². The molecule has 0 spiro atoms. The van der Waals surface area contributed by atoms with Crippen molar-refractivity contribution < 1.29 is 8.78 Å². The van der Waals surface area contributed by atoms with Crippen molar-refractivity contribution in [1.29, 1.82) is 0 Å². The predicted molar refractivity (Wildman–Crippen MR) is 74.1 cm³/mol. The first-order chi connectivity index (χ1) is 9.20. The molecule has 0 amide bonds. The molecular formula is C16H23F2N. The minimum atomic E-state index is -0.753. The van der Waals surface area contributed by atoms with Crippen LogP contribution in [-0.2, 0) is 6.42 Å². The molecule has 0 bridgehead atoms. The molecule has 0 radical (unpaired) electrons. The Kier molecular flexibility index (Phi) is 5.32. The third-order valence-corrected chi connectivity index (χ3v) is 4.26. The molecule has 0 heterocycles. The van der Waals surface area contributed by atoms with E-state index in [1.165, 1.54) is 44.2 Å². The van der Waals surface area contributed by atoms with Crippen LogP contribution in [-0.4, -0.2) is 13.6 Å². The Hall–Kier alpha value is -0.960. The number of hydrogen-bond acceptors (Lipinski definition) is 1. The fraction of sp³-hybridized carbons (Fsp3) is 0.625. The first-order valence-electron chi connectivity index (χ1n) is 7.29. The number of hydrogen-bond donors (Lipinski definition) is 1. The largest absolute Gasteiger partial charge is 0.319 e. The van der Waals surface area contributed by atoms with Crippen LogP contribution in [0.15, 0.2) is 18.2 Å². The molecule has 3 heteroatoms. The molecule has 0 aromatic heterocycles. The van der Waals surface area contributed by atoms with Crippen molar-refractivity contribution in [2.24, 2.45) is 11.8 Å². The van der Waals surface area contributed by atoms with Crippen molar-refractivity contribution in [3.05, 3.63) is 35.4 Å². The summed E-state index contributed by atoms with van der Waals surface area (Å²) in [5, 5.41) is 3.27. The highest BCUT2D eigenvalue weighted by molar-refractivity contribution is 5.18. The monoisotopic (exact) mass is 267 g/mol. The van der Waals surface area contributed by atoms with Gasteiger partial charge in [0, 0.05) is 0 Å². The summed E-state index contributed by atoms with van der Waals surface area (Å²) >= 11 is 0. The molecule has 1 aromatic carbocycles. The first-order valence-corrected chi connectivity index (χ1v) is 7.29. The van der Waals surface area contributed by atoms with Gasteiger partial charge in [-0.2, -0.15) is 0 Å². The molecule has 0 aliphatic heterocycles. The third kappa shape index (κ3) is 4.00.